The Morgan fingerprint density at radius 3 is 2.86 bits per heavy atom. The minimum absolute atomic E-state index is 0.496. The molecule has 0 bridgehead atoms. The molecule has 0 atom stereocenters. The molecule has 0 spiro atoms. The third kappa shape index (κ3) is 1.45. The van der Waals surface area contributed by atoms with Crippen LogP contribution in [0.25, 0.3) is 11.0 Å². The monoisotopic (exact) mass is 298 g/mol. The number of nitrogens with zero attached hydrogens (tertiary/aromatic N) is 1. The van der Waals surface area contributed by atoms with Crippen molar-refractivity contribution in [2.24, 2.45) is 4.99 Å². The zero-order chi connectivity index (χ0) is 9.97. The van der Waals surface area contributed by atoms with Crippen LogP contribution in [0, 0.1) is 5.41 Å². The van der Waals surface area contributed by atoms with Gasteiger partial charge in [-0.1, -0.05) is 18.2 Å². The van der Waals surface area contributed by atoms with E-state index in [4.69, 9.17) is 9.83 Å². The summed E-state index contributed by atoms with van der Waals surface area (Å²) in [6.45, 7) is 0. The summed E-state index contributed by atoms with van der Waals surface area (Å²) in [6.07, 6.45) is 1.27. The van der Waals surface area contributed by atoms with Gasteiger partial charge in [-0.3, -0.25) is 0 Å². The molecule has 14 heavy (non-hydrogen) atoms. The quantitative estimate of drug-likeness (QED) is 0.669. The molecule has 0 fully saturated rings. The van der Waals surface area contributed by atoms with Crippen LogP contribution in [0.3, 0.4) is 0 Å². The van der Waals surface area contributed by atoms with Gasteiger partial charge in [-0.25, -0.2) is 4.99 Å². The van der Waals surface area contributed by atoms with E-state index < -0.39 is 0 Å². The summed E-state index contributed by atoms with van der Waals surface area (Å²) in [5.41, 5.74) is 1.50. The van der Waals surface area contributed by atoms with Gasteiger partial charge < -0.3 is 9.83 Å². The second-order valence-corrected chi connectivity index (χ2v) is 3.25. The van der Waals surface area contributed by atoms with Gasteiger partial charge >= 0.3 is 0 Å². The molecule has 0 aliphatic heterocycles. The molecular formula is C10H7IN2O. The number of nitrogens with one attached hydrogen (secondary N) is 1. The first-order valence-corrected chi connectivity index (χ1v) is 5.26. The van der Waals surface area contributed by atoms with Gasteiger partial charge in [0.05, 0.1) is 9.78 Å². The Morgan fingerprint density at radius 1 is 1.36 bits per heavy atom. The molecule has 1 heterocycles. The summed E-state index contributed by atoms with van der Waals surface area (Å²) < 4.78 is 7.10. The van der Waals surface area contributed by atoms with E-state index in [0.717, 1.165) is 16.5 Å². The van der Waals surface area contributed by atoms with Crippen molar-refractivity contribution < 1.29 is 4.42 Å². The Bertz CT molecular complexity index is 502. The smallest absolute Gasteiger partial charge is 0.229 e. The second kappa shape index (κ2) is 3.91. The van der Waals surface area contributed by atoms with Gasteiger partial charge in [0.1, 0.15) is 5.58 Å². The average molecular weight is 298 g/mol. The van der Waals surface area contributed by atoms with E-state index in [1.807, 2.05) is 46.9 Å². The number of hydrogen-bond donors (Lipinski definition) is 1. The van der Waals surface area contributed by atoms with Crippen molar-refractivity contribution in [1.82, 2.24) is 0 Å². The van der Waals surface area contributed by atoms with Crippen molar-refractivity contribution >= 4 is 49.9 Å². The van der Waals surface area contributed by atoms with Gasteiger partial charge in [0.2, 0.25) is 5.88 Å². The van der Waals surface area contributed by atoms with Crippen LogP contribution < -0.4 is 0 Å². The lowest BCUT2D eigenvalue weighted by Crippen LogP contribution is -1.75. The summed E-state index contributed by atoms with van der Waals surface area (Å²) in [4.78, 5) is 4.06. The Kier molecular flexibility index (Phi) is 2.62. The molecule has 4 heteroatoms. The van der Waals surface area contributed by atoms with E-state index >= 15 is 0 Å². The van der Waals surface area contributed by atoms with Crippen molar-refractivity contribution in [3.63, 3.8) is 0 Å². The normalized spacial score (nSPS) is 11.2. The fourth-order valence-corrected chi connectivity index (χ4v) is 1.59. The maximum Gasteiger partial charge on any atom is 0.229 e. The maximum absolute atomic E-state index is 7.30. The predicted molar refractivity (Wildman–Crippen MR) is 66.3 cm³/mol. The Balaban J connectivity index is 2.78. The van der Waals surface area contributed by atoms with E-state index in [2.05, 4.69) is 4.99 Å². The highest BCUT2D eigenvalue weighted by Crippen LogP contribution is 2.30. The molecule has 1 aromatic carbocycles. The van der Waals surface area contributed by atoms with E-state index in [1.165, 1.54) is 6.21 Å². The summed E-state index contributed by atoms with van der Waals surface area (Å²) in [7, 11) is 0. The van der Waals surface area contributed by atoms with Gasteiger partial charge in [0, 0.05) is 11.6 Å². The standard InChI is InChI=1S/C10H7IN2O/c11-6-13-10-8(5-12)7-3-1-2-4-9(7)14-10/h1-6,12H/b12-5?,13-6-. The topological polar surface area (TPSA) is 49.4 Å². The van der Waals surface area contributed by atoms with Crippen molar-refractivity contribution in [1.29, 1.82) is 5.41 Å². The van der Waals surface area contributed by atoms with Crippen LogP contribution >= 0.6 is 22.6 Å². The third-order valence-corrected chi connectivity index (χ3v) is 2.20. The highest BCUT2D eigenvalue weighted by atomic mass is 127. The van der Waals surface area contributed by atoms with Gasteiger partial charge in [0.15, 0.2) is 0 Å². The summed E-state index contributed by atoms with van der Waals surface area (Å²) >= 11 is 2.02. The van der Waals surface area contributed by atoms with Crippen molar-refractivity contribution in [2.45, 2.75) is 0 Å². The van der Waals surface area contributed by atoms with Crippen molar-refractivity contribution in [3.8, 4) is 0 Å². The number of rotatable bonds is 2. The van der Waals surface area contributed by atoms with E-state index in [9.17, 15) is 0 Å². The summed E-state index contributed by atoms with van der Waals surface area (Å²) in [5, 5.41) is 8.23. The van der Waals surface area contributed by atoms with Crippen LogP contribution in [-0.2, 0) is 0 Å². The number of aliphatic imine (C=N–C) groups is 1. The lowest BCUT2D eigenvalue weighted by molar-refractivity contribution is 0.626. The van der Waals surface area contributed by atoms with Gasteiger partial charge in [0.25, 0.3) is 0 Å². The van der Waals surface area contributed by atoms with Crippen LogP contribution in [0.5, 0.6) is 0 Å². The lowest BCUT2D eigenvalue weighted by Gasteiger charge is -1.86. The molecule has 0 saturated carbocycles. The highest BCUT2D eigenvalue weighted by molar-refractivity contribution is 14.1. The largest absolute Gasteiger partial charge is 0.438 e. The van der Waals surface area contributed by atoms with E-state index in [1.54, 1.807) is 4.22 Å². The first-order valence-electron chi connectivity index (χ1n) is 4.01. The maximum atomic E-state index is 7.30. The van der Waals surface area contributed by atoms with Crippen molar-refractivity contribution in [3.05, 3.63) is 29.8 Å². The fourth-order valence-electron chi connectivity index (χ4n) is 1.33. The zero-order valence-electron chi connectivity index (χ0n) is 7.20. The molecule has 0 amide bonds. The van der Waals surface area contributed by atoms with Crippen LogP contribution in [0.2, 0.25) is 0 Å². The van der Waals surface area contributed by atoms with Gasteiger partial charge in [-0.15, -0.1) is 0 Å². The number of furan rings is 1. The number of fused-ring (bicyclic) bond motifs is 1. The number of para-hydroxylation sites is 1. The van der Waals surface area contributed by atoms with Gasteiger partial charge in [-0.05, 0) is 28.7 Å². The van der Waals surface area contributed by atoms with Gasteiger partial charge in [-0.2, -0.15) is 0 Å². The molecule has 0 unspecified atom stereocenters. The molecule has 0 aliphatic rings. The van der Waals surface area contributed by atoms with Crippen molar-refractivity contribution in [2.75, 3.05) is 0 Å². The van der Waals surface area contributed by atoms with E-state index in [-0.39, 0.29) is 0 Å². The van der Waals surface area contributed by atoms with Crippen LogP contribution in [0.1, 0.15) is 5.56 Å². The molecule has 0 saturated heterocycles. The number of halogens is 1. The Morgan fingerprint density at radius 2 is 2.14 bits per heavy atom. The van der Waals surface area contributed by atoms with E-state index in [0.29, 0.717) is 5.88 Å². The molecule has 0 aliphatic carbocycles. The summed E-state index contributed by atoms with van der Waals surface area (Å²) in [5.74, 6) is 0.496. The van der Waals surface area contributed by atoms with Crippen LogP contribution in [-0.4, -0.2) is 10.4 Å². The fraction of sp³-hybridized carbons (Fsp3) is 0. The molecular weight excluding hydrogens is 291 g/mol. The third-order valence-electron chi connectivity index (χ3n) is 1.92. The SMILES string of the molecule is N=Cc1c(/N=C\I)oc2ccccc12. The van der Waals surface area contributed by atoms with Crippen LogP contribution in [0.15, 0.2) is 33.7 Å². The summed E-state index contributed by atoms with van der Waals surface area (Å²) in [6, 6.07) is 7.61. The minimum atomic E-state index is 0.496. The minimum Gasteiger partial charge on any atom is -0.438 e. The zero-order valence-corrected chi connectivity index (χ0v) is 9.36. The molecule has 2 aromatic rings. The molecule has 3 nitrogen and oxygen atoms in total. The molecule has 2 rings (SSSR count). The predicted octanol–water partition coefficient (Wildman–Crippen LogP) is 3.53. The highest BCUT2D eigenvalue weighted by Gasteiger charge is 2.09. The second-order valence-electron chi connectivity index (χ2n) is 2.69. The molecule has 0 radical (unpaired) electrons. The van der Waals surface area contributed by atoms with Crippen LogP contribution in [0.4, 0.5) is 5.88 Å². The Hall–Kier alpha value is -1.17. The molecule has 1 aromatic heterocycles. The lowest BCUT2D eigenvalue weighted by atomic mass is 10.2. The molecule has 1 N–H and O–H groups in total. The Labute approximate surface area is 94.5 Å². The number of hydrogen-bond acceptors (Lipinski definition) is 3. The number of benzene rings is 1. The molecule has 70 valence electrons. The first-order chi connectivity index (χ1) is 6.86. The first kappa shape index (κ1) is 9.39. The average Bonchev–Trinajstić information content (AvgIpc) is 2.55.